The van der Waals surface area contributed by atoms with E-state index in [-0.39, 0.29) is 11.3 Å². The van der Waals surface area contributed by atoms with Crippen LogP contribution >= 0.6 is 15.9 Å². The molecule has 2 rings (SSSR count). The predicted molar refractivity (Wildman–Crippen MR) is 51.8 cm³/mol. The summed E-state index contributed by atoms with van der Waals surface area (Å²) in [4.78, 5) is 11.1. The second-order valence-electron chi connectivity index (χ2n) is 2.58. The third kappa shape index (κ3) is 1.33. The zero-order valence-electron chi connectivity index (χ0n) is 6.45. The topological polar surface area (TPSA) is 50.4 Å². The number of para-hydroxylation sites is 1. The number of rotatable bonds is 0. The summed E-state index contributed by atoms with van der Waals surface area (Å²) in [5.41, 5.74) is -0.273. The van der Waals surface area contributed by atoms with Gasteiger partial charge in [-0.05, 0) is 28.1 Å². The largest absolute Gasteiger partial charge is 0.504 e. The normalized spacial score (nSPS) is 10.5. The minimum absolute atomic E-state index is 0.0258. The number of phenols is 1. The van der Waals surface area contributed by atoms with Crippen molar-refractivity contribution in [1.82, 2.24) is 0 Å². The van der Waals surface area contributed by atoms with Crippen molar-refractivity contribution < 1.29 is 9.52 Å². The van der Waals surface area contributed by atoms with Crippen LogP contribution in [0, 0.1) is 0 Å². The maximum absolute atomic E-state index is 11.1. The molecule has 0 radical (unpaired) electrons. The average Bonchev–Trinajstić information content (AvgIpc) is 2.09. The molecular weight excluding hydrogens is 236 g/mol. The molecule has 66 valence electrons. The molecule has 0 spiro atoms. The highest BCUT2D eigenvalue weighted by molar-refractivity contribution is 9.10. The monoisotopic (exact) mass is 240 g/mol. The molecule has 0 unspecified atom stereocenters. The molecule has 1 N–H and O–H groups in total. The minimum atomic E-state index is -0.492. The van der Waals surface area contributed by atoms with Crippen molar-refractivity contribution >= 4 is 26.9 Å². The van der Waals surface area contributed by atoms with Crippen molar-refractivity contribution in [2.45, 2.75) is 0 Å². The van der Waals surface area contributed by atoms with E-state index < -0.39 is 5.63 Å². The Hall–Kier alpha value is -1.29. The molecule has 0 atom stereocenters. The molecule has 0 aliphatic heterocycles. The van der Waals surface area contributed by atoms with Crippen molar-refractivity contribution in [3.8, 4) is 5.75 Å². The first-order chi connectivity index (χ1) is 6.18. The summed E-state index contributed by atoms with van der Waals surface area (Å²) in [7, 11) is 0. The van der Waals surface area contributed by atoms with Gasteiger partial charge in [0.1, 0.15) is 4.47 Å². The summed E-state index contributed by atoms with van der Waals surface area (Å²) in [5.74, 6) is -0.0258. The highest BCUT2D eigenvalue weighted by atomic mass is 79.9. The van der Waals surface area contributed by atoms with Gasteiger partial charge in [0, 0.05) is 5.39 Å². The van der Waals surface area contributed by atoms with Gasteiger partial charge >= 0.3 is 5.63 Å². The Morgan fingerprint density at radius 1 is 1.38 bits per heavy atom. The van der Waals surface area contributed by atoms with Crippen LogP contribution in [0.4, 0.5) is 0 Å². The van der Waals surface area contributed by atoms with Gasteiger partial charge < -0.3 is 9.52 Å². The maximum Gasteiger partial charge on any atom is 0.350 e. The summed E-state index contributed by atoms with van der Waals surface area (Å²) < 4.78 is 5.22. The zero-order valence-corrected chi connectivity index (χ0v) is 8.04. The van der Waals surface area contributed by atoms with E-state index in [1.165, 1.54) is 6.07 Å². The summed E-state index contributed by atoms with van der Waals surface area (Å²) >= 11 is 3.05. The van der Waals surface area contributed by atoms with Gasteiger partial charge in [-0.1, -0.05) is 12.1 Å². The third-order valence-corrected chi connectivity index (χ3v) is 2.25. The van der Waals surface area contributed by atoms with E-state index in [0.29, 0.717) is 9.86 Å². The van der Waals surface area contributed by atoms with E-state index >= 15 is 0 Å². The van der Waals surface area contributed by atoms with E-state index in [1.807, 2.05) is 0 Å². The molecule has 2 aromatic rings. The Balaban J connectivity index is 2.97. The number of benzene rings is 1. The van der Waals surface area contributed by atoms with E-state index in [2.05, 4.69) is 15.9 Å². The molecule has 1 aromatic carbocycles. The lowest BCUT2D eigenvalue weighted by Crippen LogP contribution is -1.98. The zero-order chi connectivity index (χ0) is 9.42. The van der Waals surface area contributed by atoms with Gasteiger partial charge in [-0.25, -0.2) is 4.79 Å². The van der Waals surface area contributed by atoms with Gasteiger partial charge in [-0.15, -0.1) is 0 Å². The van der Waals surface area contributed by atoms with Crippen molar-refractivity contribution in [2.75, 3.05) is 0 Å². The van der Waals surface area contributed by atoms with Crippen LogP contribution in [0.2, 0.25) is 0 Å². The Bertz CT molecular complexity index is 516. The van der Waals surface area contributed by atoms with Crippen LogP contribution in [0.25, 0.3) is 11.0 Å². The van der Waals surface area contributed by atoms with E-state index in [9.17, 15) is 9.90 Å². The number of phenolic OH excluding ortho intramolecular Hbond substituents is 1. The summed E-state index contributed by atoms with van der Waals surface area (Å²) in [6.45, 7) is 0. The van der Waals surface area contributed by atoms with Gasteiger partial charge in [0.25, 0.3) is 0 Å². The standard InChI is InChI=1S/C9H5BrO3/c10-6-4-5-2-1-3-7(11)8(5)13-9(6)12/h1-4,11H. The molecule has 0 fully saturated rings. The fourth-order valence-corrected chi connectivity index (χ4v) is 1.43. The molecule has 0 bridgehead atoms. The lowest BCUT2D eigenvalue weighted by atomic mass is 10.2. The Kier molecular flexibility index (Phi) is 1.84. The second kappa shape index (κ2) is 2.88. The SMILES string of the molecule is O=c1oc2c(O)cccc2cc1Br. The molecule has 0 aliphatic carbocycles. The lowest BCUT2D eigenvalue weighted by Gasteiger charge is -1.98. The quantitative estimate of drug-likeness (QED) is 0.719. The van der Waals surface area contributed by atoms with Gasteiger partial charge in [-0.2, -0.15) is 0 Å². The summed E-state index contributed by atoms with van der Waals surface area (Å²) in [6.07, 6.45) is 0. The number of hydrogen-bond acceptors (Lipinski definition) is 3. The van der Waals surface area contributed by atoms with E-state index in [1.54, 1.807) is 18.2 Å². The van der Waals surface area contributed by atoms with E-state index in [0.717, 1.165) is 0 Å². The van der Waals surface area contributed by atoms with Crippen molar-refractivity contribution in [3.63, 3.8) is 0 Å². The first-order valence-corrected chi connectivity index (χ1v) is 4.39. The van der Waals surface area contributed by atoms with Crippen LogP contribution in [0.5, 0.6) is 5.75 Å². The Morgan fingerprint density at radius 2 is 2.15 bits per heavy atom. The molecule has 1 aromatic heterocycles. The molecule has 1 heterocycles. The first-order valence-electron chi connectivity index (χ1n) is 3.60. The van der Waals surface area contributed by atoms with E-state index in [4.69, 9.17) is 4.42 Å². The van der Waals surface area contributed by atoms with Crippen LogP contribution < -0.4 is 5.63 Å². The molecular formula is C9H5BrO3. The Morgan fingerprint density at radius 3 is 2.92 bits per heavy atom. The highest BCUT2D eigenvalue weighted by Gasteiger charge is 2.05. The van der Waals surface area contributed by atoms with Crippen LogP contribution in [0.15, 0.2) is 37.9 Å². The van der Waals surface area contributed by atoms with Crippen molar-refractivity contribution in [3.05, 3.63) is 39.2 Å². The number of hydrogen-bond donors (Lipinski definition) is 1. The van der Waals surface area contributed by atoms with Gasteiger partial charge in [0.15, 0.2) is 11.3 Å². The maximum atomic E-state index is 11.1. The predicted octanol–water partition coefficient (Wildman–Crippen LogP) is 2.26. The van der Waals surface area contributed by atoms with Crippen molar-refractivity contribution in [1.29, 1.82) is 0 Å². The fourth-order valence-electron chi connectivity index (χ4n) is 1.10. The smallest absolute Gasteiger partial charge is 0.350 e. The number of fused-ring (bicyclic) bond motifs is 1. The van der Waals surface area contributed by atoms with Crippen LogP contribution in [0.1, 0.15) is 0 Å². The molecule has 0 saturated heterocycles. The number of aromatic hydroxyl groups is 1. The molecule has 0 aliphatic rings. The average molecular weight is 241 g/mol. The van der Waals surface area contributed by atoms with Gasteiger partial charge in [0.05, 0.1) is 0 Å². The van der Waals surface area contributed by atoms with Crippen LogP contribution in [-0.2, 0) is 0 Å². The second-order valence-corrected chi connectivity index (χ2v) is 3.43. The van der Waals surface area contributed by atoms with Gasteiger partial charge in [-0.3, -0.25) is 0 Å². The lowest BCUT2D eigenvalue weighted by molar-refractivity contribution is 0.456. The third-order valence-electron chi connectivity index (χ3n) is 1.70. The summed E-state index contributed by atoms with van der Waals surface area (Å²) in [6, 6.07) is 6.52. The molecule has 4 heteroatoms. The first kappa shape index (κ1) is 8.31. The highest BCUT2D eigenvalue weighted by Crippen LogP contribution is 2.24. The number of halogens is 1. The molecule has 0 saturated carbocycles. The Labute approximate surface area is 81.7 Å². The minimum Gasteiger partial charge on any atom is -0.504 e. The molecule has 0 amide bonds. The molecule has 13 heavy (non-hydrogen) atoms. The van der Waals surface area contributed by atoms with Gasteiger partial charge in [0.2, 0.25) is 0 Å². The fraction of sp³-hybridized carbons (Fsp3) is 0. The summed E-state index contributed by atoms with van der Waals surface area (Å²) in [5, 5.41) is 10.0. The van der Waals surface area contributed by atoms with Crippen LogP contribution in [0.3, 0.4) is 0 Å². The molecule has 3 nitrogen and oxygen atoms in total. The van der Waals surface area contributed by atoms with Crippen molar-refractivity contribution in [2.24, 2.45) is 0 Å². The van der Waals surface area contributed by atoms with Crippen LogP contribution in [-0.4, -0.2) is 5.11 Å².